The van der Waals surface area contributed by atoms with Gasteiger partial charge < -0.3 is 14.0 Å². The zero-order valence-electron chi connectivity index (χ0n) is 24.3. The molecule has 0 radical (unpaired) electrons. The second-order valence-electron chi connectivity index (χ2n) is 11.7. The standard InChI is InChI=1S/C41H26N4/c1-2-11-29(12-3-1)43-35-15-5-4-13-31(35)33-24-40-34(25-39(33)43)32-14-8-18-38-41(32)45(40)37-17-7-6-16-36(37)44(38)30-21-19-27(20-22-30)28-10-9-23-42-26-28/h1-26H. The van der Waals surface area contributed by atoms with E-state index in [4.69, 9.17) is 0 Å². The van der Waals surface area contributed by atoms with Crippen molar-refractivity contribution in [3.05, 3.63) is 158 Å². The lowest BCUT2D eigenvalue weighted by atomic mass is 10.0. The van der Waals surface area contributed by atoms with E-state index in [2.05, 4.69) is 159 Å². The van der Waals surface area contributed by atoms with Crippen molar-refractivity contribution in [3.8, 4) is 22.5 Å². The molecule has 10 rings (SSSR count). The van der Waals surface area contributed by atoms with Gasteiger partial charge in [-0.05, 0) is 77.9 Å². The van der Waals surface area contributed by atoms with Crippen LogP contribution in [0.2, 0.25) is 0 Å². The Bertz CT molecular complexity index is 2580. The highest BCUT2D eigenvalue weighted by molar-refractivity contribution is 6.22. The van der Waals surface area contributed by atoms with Crippen LogP contribution in [-0.4, -0.2) is 14.1 Å². The van der Waals surface area contributed by atoms with Crippen molar-refractivity contribution in [1.82, 2.24) is 14.1 Å². The maximum atomic E-state index is 4.32. The Morgan fingerprint density at radius 2 is 1.09 bits per heavy atom. The second kappa shape index (κ2) is 9.18. The Labute approximate surface area is 259 Å². The largest absolute Gasteiger partial charge is 0.309 e. The van der Waals surface area contributed by atoms with Gasteiger partial charge in [0.2, 0.25) is 0 Å². The van der Waals surface area contributed by atoms with Crippen LogP contribution < -0.4 is 4.90 Å². The molecule has 0 fully saturated rings. The van der Waals surface area contributed by atoms with Crippen molar-refractivity contribution in [2.24, 2.45) is 0 Å². The van der Waals surface area contributed by atoms with Gasteiger partial charge in [0.25, 0.3) is 0 Å². The molecule has 0 N–H and O–H groups in total. The maximum Gasteiger partial charge on any atom is 0.0783 e. The van der Waals surface area contributed by atoms with Gasteiger partial charge in [-0.25, -0.2) is 0 Å². The average molecular weight is 575 g/mol. The molecule has 0 aliphatic carbocycles. The fourth-order valence-corrected chi connectivity index (χ4v) is 7.38. The summed E-state index contributed by atoms with van der Waals surface area (Å²) in [6.07, 6.45) is 3.73. The molecule has 3 aromatic heterocycles. The number of fused-ring (bicyclic) bond motifs is 8. The van der Waals surface area contributed by atoms with Crippen LogP contribution in [0.4, 0.5) is 17.1 Å². The van der Waals surface area contributed by atoms with Crippen LogP contribution in [0.15, 0.2) is 158 Å². The molecule has 0 saturated carbocycles. The minimum Gasteiger partial charge on any atom is -0.309 e. The summed E-state index contributed by atoms with van der Waals surface area (Å²) in [5, 5.41) is 5.02. The number of pyridine rings is 1. The first kappa shape index (κ1) is 24.3. The van der Waals surface area contributed by atoms with Gasteiger partial charge >= 0.3 is 0 Å². The van der Waals surface area contributed by atoms with E-state index in [0.717, 1.165) is 22.5 Å². The van der Waals surface area contributed by atoms with E-state index in [1.807, 2.05) is 18.5 Å². The van der Waals surface area contributed by atoms with Crippen LogP contribution in [0.5, 0.6) is 0 Å². The van der Waals surface area contributed by atoms with Crippen LogP contribution in [0, 0.1) is 0 Å². The zero-order valence-corrected chi connectivity index (χ0v) is 24.3. The highest BCUT2D eigenvalue weighted by Crippen LogP contribution is 2.50. The lowest BCUT2D eigenvalue weighted by Crippen LogP contribution is -2.17. The zero-order chi connectivity index (χ0) is 29.5. The molecule has 4 heteroatoms. The normalized spacial score (nSPS) is 12.4. The number of hydrogen-bond donors (Lipinski definition) is 0. The molecule has 9 aromatic rings. The highest BCUT2D eigenvalue weighted by Gasteiger charge is 2.29. The van der Waals surface area contributed by atoms with Crippen LogP contribution >= 0.6 is 0 Å². The summed E-state index contributed by atoms with van der Waals surface area (Å²) in [6, 6.07) is 52.7. The predicted molar refractivity (Wildman–Crippen MR) is 187 cm³/mol. The molecule has 210 valence electrons. The Morgan fingerprint density at radius 1 is 0.400 bits per heavy atom. The Morgan fingerprint density at radius 3 is 1.91 bits per heavy atom. The molecule has 0 amide bonds. The van der Waals surface area contributed by atoms with Crippen molar-refractivity contribution < 1.29 is 0 Å². The first-order valence-electron chi connectivity index (χ1n) is 15.3. The Balaban J connectivity index is 1.27. The van der Waals surface area contributed by atoms with Crippen molar-refractivity contribution in [2.45, 2.75) is 0 Å². The summed E-state index contributed by atoms with van der Waals surface area (Å²) in [5.74, 6) is 0. The third-order valence-corrected chi connectivity index (χ3v) is 9.30. The van der Waals surface area contributed by atoms with Gasteiger partial charge in [-0.15, -0.1) is 0 Å². The number of rotatable bonds is 3. The van der Waals surface area contributed by atoms with E-state index in [-0.39, 0.29) is 0 Å². The quantitative estimate of drug-likeness (QED) is 0.210. The van der Waals surface area contributed by atoms with Gasteiger partial charge in [0, 0.05) is 45.3 Å². The van der Waals surface area contributed by atoms with E-state index < -0.39 is 0 Å². The van der Waals surface area contributed by atoms with Gasteiger partial charge in [0.05, 0.1) is 39.1 Å². The van der Waals surface area contributed by atoms with Crippen LogP contribution in [-0.2, 0) is 0 Å². The monoisotopic (exact) mass is 574 g/mol. The average Bonchev–Trinajstić information content (AvgIpc) is 3.61. The summed E-state index contributed by atoms with van der Waals surface area (Å²) in [6.45, 7) is 0. The number of nitrogens with zero attached hydrogens (tertiary/aromatic N) is 4. The van der Waals surface area contributed by atoms with Gasteiger partial charge in [0.15, 0.2) is 0 Å². The maximum absolute atomic E-state index is 4.32. The first-order valence-corrected chi connectivity index (χ1v) is 15.3. The van der Waals surface area contributed by atoms with Gasteiger partial charge in [-0.3, -0.25) is 4.98 Å². The summed E-state index contributed by atoms with van der Waals surface area (Å²) in [7, 11) is 0. The molecule has 0 spiro atoms. The smallest absolute Gasteiger partial charge is 0.0783 e. The van der Waals surface area contributed by atoms with Gasteiger partial charge in [-0.1, -0.05) is 78.9 Å². The molecule has 45 heavy (non-hydrogen) atoms. The molecule has 0 bridgehead atoms. The van der Waals surface area contributed by atoms with E-state index in [0.29, 0.717) is 0 Å². The molecule has 4 nitrogen and oxygen atoms in total. The lowest BCUT2D eigenvalue weighted by Gasteiger charge is -2.33. The van der Waals surface area contributed by atoms with Crippen LogP contribution in [0.25, 0.3) is 66.1 Å². The molecule has 0 saturated heterocycles. The van der Waals surface area contributed by atoms with E-state index in [1.165, 1.54) is 60.7 Å². The number of benzene rings is 6. The highest BCUT2D eigenvalue weighted by atomic mass is 15.2. The van der Waals surface area contributed by atoms with Crippen molar-refractivity contribution in [3.63, 3.8) is 0 Å². The molecule has 0 unspecified atom stereocenters. The number of para-hydroxylation sites is 5. The molecule has 1 aliphatic heterocycles. The molecular formula is C41H26N4. The summed E-state index contributed by atoms with van der Waals surface area (Å²) in [4.78, 5) is 6.72. The van der Waals surface area contributed by atoms with Crippen molar-refractivity contribution in [2.75, 3.05) is 4.90 Å². The predicted octanol–water partition coefficient (Wildman–Crippen LogP) is 10.7. The van der Waals surface area contributed by atoms with E-state index in [9.17, 15) is 0 Å². The van der Waals surface area contributed by atoms with Crippen LogP contribution in [0.3, 0.4) is 0 Å². The Kier molecular flexibility index (Phi) is 4.96. The van der Waals surface area contributed by atoms with Crippen LogP contribution in [0.1, 0.15) is 0 Å². The van der Waals surface area contributed by atoms with E-state index >= 15 is 0 Å². The molecule has 1 aliphatic rings. The fraction of sp³-hybridized carbons (Fsp3) is 0. The summed E-state index contributed by atoms with van der Waals surface area (Å²) >= 11 is 0. The second-order valence-corrected chi connectivity index (χ2v) is 11.7. The first-order chi connectivity index (χ1) is 22.3. The third-order valence-electron chi connectivity index (χ3n) is 9.30. The minimum absolute atomic E-state index is 1.12. The number of anilines is 3. The Hall–Kier alpha value is -6.13. The number of hydrogen-bond acceptors (Lipinski definition) is 2. The molecule has 0 atom stereocenters. The van der Waals surface area contributed by atoms with Gasteiger partial charge in [-0.2, -0.15) is 0 Å². The topological polar surface area (TPSA) is 26.0 Å². The SMILES string of the molecule is c1ccc(-n2c3ccccc3c3cc4c(cc32)c2cccc3c2n4-c2ccccc2N3c2ccc(-c3cccnc3)cc2)cc1. The number of aromatic nitrogens is 3. The lowest BCUT2D eigenvalue weighted by molar-refractivity contribution is 1.11. The fourth-order valence-electron chi connectivity index (χ4n) is 7.38. The minimum atomic E-state index is 1.12. The van der Waals surface area contributed by atoms with Crippen molar-refractivity contribution in [1.29, 1.82) is 0 Å². The summed E-state index contributed by atoms with van der Waals surface area (Å²) in [5.41, 5.74) is 13.0. The molecular weight excluding hydrogens is 548 g/mol. The summed E-state index contributed by atoms with van der Waals surface area (Å²) < 4.78 is 4.88. The van der Waals surface area contributed by atoms with Gasteiger partial charge in [0.1, 0.15) is 0 Å². The third kappa shape index (κ3) is 3.39. The van der Waals surface area contributed by atoms with E-state index in [1.54, 1.807) is 0 Å². The molecule has 4 heterocycles. The molecule has 6 aromatic carbocycles. The van der Waals surface area contributed by atoms with Crippen molar-refractivity contribution >= 4 is 60.7 Å².